The summed E-state index contributed by atoms with van der Waals surface area (Å²) in [5.41, 5.74) is 1.35. The minimum absolute atomic E-state index is 0.259. The fourth-order valence-corrected chi connectivity index (χ4v) is 4.21. The van der Waals surface area contributed by atoms with Crippen LogP contribution in [-0.4, -0.2) is 32.7 Å². The van der Waals surface area contributed by atoms with Gasteiger partial charge in [-0.05, 0) is 48.6 Å². The lowest BCUT2D eigenvalue weighted by Gasteiger charge is -2.34. The summed E-state index contributed by atoms with van der Waals surface area (Å²) in [7, 11) is -3.70. The van der Waals surface area contributed by atoms with Gasteiger partial charge in [-0.25, -0.2) is 12.8 Å². The summed E-state index contributed by atoms with van der Waals surface area (Å²) in [5.74, 6) is 0.0599. The highest BCUT2D eigenvalue weighted by Gasteiger charge is 2.26. The maximum absolute atomic E-state index is 13.1. The Labute approximate surface area is 151 Å². The Balaban J connectivity index is 1.79. The molecule has 1 fully saturated rings. The molecule has 1 saturated heterocycles. The third-order valence-electron chi connectivity index (χ3n) is 4.74. The molecule has 0 amide bonds. The summed E-state index contributed by atoms with van der Waals surface area (Å²) in [5, 5.41) is 11.1. The van der Waals surface area contributed by atoms with E-state index in [1.807, 2.05) is 4.90 Å². The molecule has 0 saturated carbocycles. The molecule has 0 bridgehead atoms. The van der Waals surface area contributed by atoms with Crippen LogP contribution in [0.3, 0.4) is 0 Å². The number of piperidine rings is 1. The second-order valence-corrected chi connectivity index (χ2v) is 8.48. The van der Waals surface area contributed by atoms with Gasteiger partial charge in [0, 0.05) is 31.1 Å². The van der Waals surface area contributed by atoms with Gasteiger partial charge in [0.25, 0.3) is 5.69 Å². The van der Waals surface area contributed by atoms with Crippen LogP contribution in [0.25, 0.3) is 0 Å². The monoisotopic (exact) mass is 378 g/mol. The lowest BCUT2D eigenvalue weighted by atomic mass is 9.89. The molecule has 26 heavy (non-hydrogen) atoms. The quantitative estimate of drug-likeness (QED) is 0.601. The third kappa shape index (κ3) is 3.85. The number of nitro groups is 1. The fraction of sp³-hybridized carbons (Fsp3) is 0.333. The topological polar surface area (TPSA) is 80.5 Å². The SMILES string of the molecule is CS(=O)(=O)c1cc(N2CCC(c3ccc(F)cc3)CC2)ccc1[N+](=O)[O-]. The first-order chi connectivity index (χ1) is 12.3. The minimum Gasteiger partial charge on any atom is -0.371 e. The van der Waals surface area contributed by atoms with Crippen molar-refractivity contribution in [3.63, 3.8) is 0 Å². The highest BCUT2D eigenvalue weighted by atomic mass is 32.2. The normalized spacial score (nSPS) is 15.8. The summed E-state index contributed by atoms with van der Waals surface area (Å²) in [4.78, 5) is 12.2. The molecule has 1 heterocycles. The van der Waals surface area contributed by atoms with Crippen molar-refractivity contribution in [3.05, 3.63) is 64.0 Å². The smallest absolute Gasteiger partial charge is 0.288 e. The first-order valence-corrected chi connectivity index (χ1v) is 10.1. The van der Waals surface area contributed by atoms with Crippen LogP contribution < -0.4 is 4.90 Å². The van der Waals surface area contributed by atoms with E-state index in [0.717, 1.165) is 24.7 Å². The molecule has 8 heteroatoms. The molecule has 0 aliphatic carbocycles. The lowest BCUT2D eigenvalue weighted by molar-refractivity contribution is -0.387. The van der Waals surface area contributed by atoms with Crippen molar-refractivity contribution in [2.45, 2.75) is 23.7 Å². The zero-order chi connectivity index (χ0) is 18.9. The van der Waals surface area contributed by atoms with E-state index >= 15 is 0 Å². The van der Waals surface area contributed by atoms with E-state index < -0.39 is 20.4 Å². The van der Waals surface area contributed by atoms with Crippen molar-refractivity contribution in [2.24, 2.45) is 0 Å². The highest BCUT2D eigenvalue weighted by Crippen LogP contribution is 2.33. The molecule has 138 valence electrons. The molecule has 3 rings (SSSR count). The van der Waals surface area contributed by atoms with Gasteiger partial charge in [-0.15, -0.1) is 0 Å². The maximum Gasteiger partial charge on any atom is 0.288 e. The second-order valence-electron chi connectivity index (χ2n) is 6.49. The molecule has 0 N–H and O–H groups in total. The number of nitro benzene ring substituents is 1. The molecule has 0 atom stereocenters. The standard InChI is InChI=1S/C18H19FN2O4S/c1-26(24,25)18-12-16(6-7-17(18)21(22)23)20-10-8-14(9-11-20)13-2-4-15(19)5-3-13/h2-7,12,14H,8-11H2,1H3. The Kier molecular flexibility index (Phi) is 4.95. The summed E-state index contributed by atoms with van der Waals surface area (Å²) in [6, 6.07) is 10.7. The van der Waals surface area contributed by atoms with Crippen molar-refractivity contribution in [2.75, 3.05) is 24.2 Å². The van der Waals surface area contributed by atoms with E-state index in [2.05, 4.69) is 0 Å². The number of rotatable bonds is 4. The predicted octanol–water partition coefficient (Wildman–Crippen LogP) is 3.52. The number of benzene rings is 2. The Hall–Kier alpha value is -2.48. The summed E-state index contributed by atoms with van der Waals surface area (Å²) in [6.45, 7) is 1.39. The number of hydrogen-bond acceptors (Lipinski definition) is 5. The van der Waals surface area contributed by atoms with Gasteiger partial charge in [-0.2, -0.15) is 0 Å². The first kappa shape index (κ1) is 18.3. The van der Waals surface area contributed by atoms with Gasteiger partial charge in [0.1, 0.15) is 10.7 Å². The van der Waals surface area contributed by atoms with Crippen LogP contribution in [0, 0.1) is 15.9 Å². The van der Waals surface area contributed by atoms with E-state index in [1.54, 1.807) is 18.2 Å². The van der Waals surface area contributed by atoms with Crippen LogP contribution in [0.4, 0.5) is 15.8 Å². The molecular formula is C18H19FN2O4S. The van der Waals surface area contributed by atoms with Gasteiger partial charge in [0.15, 0.2) is 9.84 Å². The van der Waals surface area contributed by atoms with Crippen molar-refractivity contribution < 1.29 is 17.7 Å². The maximum atomic E-state index is 13.1. The Bertz CT molecular complexity index is 921. The molecular weight excluding hydrogens is 359 g/mol. The average molecular weight is 378 g/mol. The molecule has 0 radical (unpaired) electrons. The van der Waals surface area contributed by atoms with Crippen molar-refractivity contribution in [3.8, 4) is 0 Å². The highest BCUT2D eigenvalue weighted by molar-refractivity contribution is 7.90. The van der Waals surface area contributed by atoms with E-state index in [-0.39, 0.29) is 10.7 Å². The van der Waals surface area contributed by atoms with E-state index in [0.29, 0.717) is 24.7 Å². The number of anilines is 1. The minimum atomic E-state index is -3.70. The van der Waals surface area contributed by atoms with Crippen molar-refractivity contribution in [1.29, 1.82) is 0 Å². The van der Waals surface area contributed by atoms with E-state index in [9.17, 15) is 22.9 Å². The van der Waals surface area contributed by atoms with Crippen LogP contribution in [0.2, 0.25) is 0 Å². The number of nitrogens with zero attached hydrogens (tertiary/aromatic N) is 2. The number of hydrogen-bond donors (Lipinski definition) is 0. The van der Waals surface area contributed by atoms with Gasteiger partial charge in [-0.1, -0.05) is 12.1 Å². The molecule has 0 aromatic heterocycles. The van der Waals surface area contributed by atoms with Crippen LogP contribution in [0.5, 0.6) is 0 Å². The molecule has 1 aliphatic rings. The lowest BCUT2D eigenvalue weighted by Crippen LogP contribution is -2.33. The van der Waals surface area contributed by atoms with E-state index in [1.165, 1.54) is 24.3 Å². The van der Waals surface area contributed by atoms with E-state index in [4.69, 9.17) is 0 Å². The van der Waals surface area contributed by atoms with Crippen LogP contribution in [-0.2, 0) is 9.84 Å². The zero-order valence-electron chi connectivity index (χ0n) is 14.3. The van der Waals surface area contributed by atoms with Crippen molar-refractivity contribution >= 4 is 21.2 Å². The number of sulfone groups is 1. The van der Waals surface area contributed by atoms with Crippen LogP contribution in [0.15, 0.2) is 47.4 Å². The Morgan fingerprint density at radius 2 is 1.73 bits per heavy atom. The Morgan fingerprint density at radius 3 is 2.27 bits per heavy atom. The third-order valence-corrected chi connectivity index (χ3v) is 5.87. The van der Waals surface area contributed by atoms with Gasteiger partial charge >= 0.3 is 0 Å². The summed E-state index contributed by atoms with van der Waals surface area (Å²) < 4.78 is 36.9. The second kappa shape index (κ2) is 7.03. The molecule has 2 aromatic rings. The molecule has 0 spiro atoms. The van der Waals surface area contributed by atoms with Crippen LogP contribution >= 0.6 is 0 Å². The molecule has 2 aromatic carbocycles. The average Bonchev–Trinajstić information content (AvgIpc) is 2.61. The van der Waals surface area contributed by atoms with Crippen LogP contribution in [0.1, 0.15) is 24.3 Å². The summed E-state index contributed by atoms with van der Waals surface area (Å²) >= 11 is 0. The zero-order valence-corrected chi connectivity index (χ0v) is 15.1. The molecule has 6 nitrogen and oxygen atoms in total. The fourth-order valence-electron chi connectivity index (χ4n) is 3.35. The van der Waals surface area contributed by atoms with Gasteiger partial charge < -0.3 is 4.90 Å². The Morgan fingerprint density at radius 1 is 1.12 bits per heavy atom. The van der Waals surface area contributed by atoms with Gasteiger partial charge in [0.2, 0.25) is 0 Å². The molecule has 1 aliphatic heterocycles. The van der Waals surface area contributed by atoms with Gasteiger partial charge in [-0.3, -0.25) is 10.1 Å². The largest absolute Gasteiger partial charge is 0.371 e. The molecule has 0 unspecified atom stereocenters. The first-order valence-electron chi connectivity index (χ1n) is 8.24. The number of halogens is 1. The van der Waals surface area contributed by atoms with Crippen molar-refractivity contribution in [1.82, 2.24) is 0 Å². The van der Waals surface area contributed by atoms with Gasteiger partial charge in [0.05, 0.1) is 4.92 Å². The summed E-state index contributed by atoms with van der Waals surface area (Å²) in [6.07, 6.45) is 2.66. The predicted molar refractivity (Wildman–Crippen MR) is 96.8 cm³/mol.